The molecule has 1 aromatic rings. The summed E-state index contributed by atoms with van der Waals surface area (Å²) in [5.41, 5.74) is 2.58. The highest BCUT2D eigenvalue weighted by Crippen LogP contribution is 2.30. The Morgan fingerprint density at radius 2 is 2.22 bits per heavy atom. The Kier molecular flexibility index (Phi) is 3.35. The third kappa shape index (κ3) is 2.58. The molecule has 0 N–H and O–H groups in total. The van der Waals surface area contributed by atoms with Crippen molar-refractivity contribution in [3.8, 4) is 5.75 Å². The molecule has 2 heteroatoms. The second-order valence-corrected chi connectivity index (χ2v) is 5.58. The van der Waals surface area contributed by atoms with Crippen LogP contribution >= 0.6 is 0 Å². The van der Waals surface area contributed by atoms with Crippen molar-refractivity contribution in [1.29, 1.82) is 0 Å². The van der Waals surface area contributed by atoms with Crippen molar-refractivity contribution in [2.75, 3.05) is 6.61 Å². The topological polar surface area (TPSA) is 26.3 Å². The first kappa shape index (κ1) is 11.8. The number of benzene rings is 1. The van der Waals surface area contributed by atoms with E-state index in [0.717, 1.165) is 31.6 Å². The van der Waals surface area contributed by atoms with E-state index in [9.17, 15) is 4.79 Å². The first-order valence-corrected chi connectivity index (χ1v) is 7.07. The number of Topliss-reactive ketones (excluding diaryl/α,β-unsaturated/α-hetero) is 1. The smallest absolute Gasteiger partial charge is 0.133 e. The van der Waals surface area contributed by atoms with Gasteiger partial charge in [-0.25, -0.2) is 0 Å². The van der Waals surface area contributed by atoms with Crippen LogP contribution in [0.2, 0.25) is 0 Å². The molecule has 0 bridgehead atoms. The number of ketones is 1. The molecule has 1 heterocycles. The minimum Gasteiger partial charge on any atom is -0.493 e. The molecular weight excluding hydrogens is 224 g/mol. The molecule has 1 aliphatic heterocycles. The molecule has 0 saturated heterocycles. The van der Waals surface area contributed by atoms with Crippen molar-refractivity contribution in [2.45, 2.75) is 44.9 Å². The second-order valence-electron chi connectivity index (χ2n) is 5.58. The fourth-order valence-electron chi connectivity index (χ4n) is 2.80. The van der Waals surface area contributed by atoms with Gasteiger partial charge in [-0.05, 0) is 29.5 Å². The highest BCUT2D eigenvalue weighted by atomic mass is 16.5. The maximum atomic E-state index is 11.8. The van der Waals surface area contributed by atoms with Crippen LogP contribution < -0.4 is 4.74 Å². The maximum Gasteiger partial charge on any atom is 0.133 e. The van der Waals surface area contributed by atoms with Crippen molar-refractivity contribution >= 4 is 5.78 Å². The normalized spacial score (nSPS) is 18.0. The Hall–Kier alpha value is -1.31. The molecule has 1 saturated carbocycles. The van der Waals surface area contributed by atoms with Crippen LogP contribution in [0.4, 0.5) is 0 Å². The van der Waals surface area contributed by atoms with E-state index < -0.39 is 0 Å². The monoisotopic (exact) mass is 244 g/mol. The van der Waals surface area contributed by atoms with E-state index in [0.29, 0.717) is 18.1 Å². The molecule has 96 valence electrons. The minimum atomic E-state index is 0.441. The molecule has 2 aliphatic rings. The van der Waals surface area contributed by atoms with Gasteiger partial charge < -0.3 is 4.74 Å². The molecule has 18 heavy (non-hydrogen) atoms. The van der Waals surface area contributed by atoms with Gasteiger partial charge in [-0.15, -0.1) is 0 Å². The molecule has 1 aliphatic carbocycles. The number of ether oxygens (including phenoxy) is 1. The van der Waals surface area contributed by atoms with Gasteiger partial charge >= 0.3 is 0 Å². The number of hydrogen-bond donors (Lipinski definition) is 0. The molecule has 1 fully saturated rings. The molecule has 0 amide bonds. The van der Waals surface area contributed by atoms with E-state index in [4.69, 9.17) is 4.74 Å². The summed E-state index contributed by atoms with van der Waals surface area (Å²) in [6, 6.07) is 6.35. The summed E-state index contributed by atoms with van der Waals surface area (Å²) in [5.74, 6) is 2.17. The van der Waals surface area contributed by atoms with Crippen LogP contribution in [-0.2, 0) is 17.6 Å². The summed E-state index contributed by atoms with van der Waals surface area (Å²) < 4.78 is 5.49. The molecule has 0 radical (unpaired) electrons. The number of aryl methyl sites for hydroxylation is 1. The predicted molar refractivity (Wildman–Crippen MR) is 70.9 cm³/mol. The zero-order valence-electron chi connectivity index (χ0n) is 10.8. The van der Waals surface area contributed by atoms with Crippen molar-refractivity contribution in [3.63, 3.8) is 0 Å². The first-order chi connectivity index (χ1) is 8.81. The van der Waals surface area contributed by atoms with E-state index in [2.05, 4.69) is 12.1 Å². The van der Waals surface area contributed by atoms with Crippen LogP contribution in [0.15, 0.2) is 18.2 Å². The zero-order chi connectivity index (χ0) is 12.4. The summed E-state index contributed by atoms with van der Waals surface area (Å²) >= 11 is 0. The summed E-state index contributed by atoms with van der Waals surface area (Å²) in [7, 11) is 0. The lowest BCUT2D eigenvalue weighted by atomic mass is 9.81. The summed E-state index contributed by atoms with van der Waals surface area (Å²) in [6.45, 7) is 0.805. The van der Waals surface area contributed by atoms with E-state index >= 15 is 0 Å². The average Bonchev–Trinajstić information content (AvgIpc) is 2.78. The molecule has 0 atom stereocenters. The van der Waals surface area contributed by atoms with Gasteiger partial charge in [-0.3, -0.25) is 4.79 Å². The van der Waals surface area contributed by atoms with E-state index in [-0.39, 0.29) is 0 Å². The predicted octanol–water partition coefficient (Wildman–Crippen LogP) is 3.31. The molecule has 2 nitrogen and oxygen atoms in total. The van der Waals surface area contributed by atoms with Gasteiger partial charge in [0.25, 0.3) is 0 Å². The quantitative estimate of drug-likeness (QED) is 0.794. The number of hydrogen-bond acceptors (Lipinski definition) is 2. The van der Waals surface area contributed by atoms with Gasteiger partial charge in [0.1, 0.15) is 11.5 Å². The van der Waals surface area contributed by atoms with E-state index in [1.54, 1.807) is 0 Å². The Bertz CT molecular complexity index is 446. The Morgan fingerprint density at radius 3 is 3.00 bits per heavy atom. The van der Waals surface area contributed by atoms with Crippen molar-refractivity contribution in [2.24, 2.45) is 5.92 Å². The number of carbonyl (C=O) groups is 1. The third-order valence-corrected chi connectivity index (χ3v) is 4.19. The molecule has 0 unspecified atom stereocenters. The third-order valence-electron chi connectivity index (χ3n) is 4.19. The summed E-state index contributed by atoms with van der Waals surface area (Å²) in [4.78, 5) is 11.8. The van der Waals surface area contributed by atoms with Crippen molar-refractivity contribution in [1.82, 2.24) is 0 Å². The SMILES string of the molecule is O=C(CCc1ccc2c(c1)CCO2)CC1CCC1. The van der Waals surface area contributed by atoms with Gasteiger partial charge in [0.05, 0.1) is 6.61 Å². The molecule has 3 rings (SSSR count). The Labute approximate surface area is 108 Å². The lowest BCUT2D eigenvalue weighted by Crippen LogP contribution is -2.16. The van der Waals surface area contributed by atoms with Gasteiger partial charge in [0.15, 0.2) is 0 Å². The number of rotatable bonds is 5. The van der Waals surface area contributed by atoms with Crippen molar-refractivity contribution < 1.29 is 9.53 Å². The van der Waals surface area contributed by atoms with Crippen LogP contribution in [0.1, 0.15) is 43.2 Å². The van der Waals surface area contributed by atoms with Crippen LogP contribution in [0.3, 0.4) is 0 Å². The Balaban J connectivity index is 1.51. The van der Waals surface area contributed by atoms with Gasteiger partial charge in [-0.1, -0.05) is 31.4 Å². The molecule has 1 aromatic carbocycles. The van der Waals surface area contributed by atoms with Crippen LogP contribution in [0, 0.1) is 5.92 Å². The summed E-state index contributed by atoms with van der Waals surface area (Å²) in [6.07, 6.45) is 7.27. The largest absolute Gasteiger partial charge is 0.493 e. The number of carbonyl (C=O) groups excluding carboxylic acids is 1. The standard InChI is InChI=1S/C16H20O2/c17-15(11-12-2-1-3-12)6-4-13-5-7-16-14(10-13)8-9-18-16/h5,7,10,12H,1-4,6,8-9,11H2. The van der Waals surface area contributed by atoms with Gasteiger partial charge in [0.2, 0.25) is 0 Å². The number of fused-ring (bicyclic) bond motifs is 1. The van der Waals surface area contributed by atoms with E-state index in [1.807, 2.05) is 6.07 Å². The molecular formula is C16H20O2. The summed E-state index contributed by atoms with van der Waals surface area (Å²) in [5, 5.41) is 0. The van der Waals surface area contributed by atoms with Crippen molar-refractivity contribution in [3.05, 3.63) is 29.3 Å². The fourth-order valence-corrected chi connectivity index (χ4v) is 2.80. The average molecular weight is 244 g/mol. The highest BCUT2D eigenvalue weighted by Gasteiger charge is 2.20. The van der Waals surface area contributed by atoms with Crippen LogP contribution in [0.25, 0.3) is 0 Å². The van der Waals surface area contributed by atoms with E-state index in [1.165, 1.54) is 30.4 Å². The van der Waals surface area contributed by atoms with Gasteiger partial charge in [0, 0.05) is 19.3 Å². The maximum absolute atomic E-state index is 11.8. The second kappa shape index (κ2) is 5.13. The first-order valence-electron chi connectivity index (χ1n) is 7.07. The lowest BCUT2D eigenvalue weighted by molar-refractivity contribution is -0.120. The minimum absolute atomic E-state index is 0.441. The van der Waals surface area contributed by atoms with Gasteiger partial charge in [-0.2, -0.15) is 0 Å². The molecule has 0 spiro atoms. The Morgan fingerprint density at radius 1 is 1.33 bits per heavy atom. The van der Waals surface area contributed by atoms with Crippen LogP contribution in [0.5, 0.6) is 5.75 Å². The lowest BCUT2D eigenvalue weighted by Gasteiger charge is -2.24. The molecule has 0 aromatic heterocycles. The fraction of sp³-hybridized carbons (Fsp3) is 0.562. The van der Waals surface area contributed by atoms with Crippen LogP contribution in [-0.4, -0.2) is 12.4 Å². The highest BCUT2D eigenvalue weighted by molar-refractivity contribution is 5.79. The zero-order valence-corrected chi connectivity index (χ0v) is 10.8.